The lowest BCUT2D eigenvalue weighted by molar-refractivity contribution is 0.102. The number of hydrogen-bond acceptors (Lipinski definition) is 5. The molecule has 1 amide bonds. The minimum atomic E-state index is -0.227. The quantitative estimate of drug-likeness (QED) is 0.612. The first-order valence-corrected chi connectivity index (χ1v) is 8.63. The third kappa shape index (κ3) is 2.89. The van der Waals surface area contributed by atoms with Gasteiger partial charge < -0.3 is 5.32 Å². The Morgan fingerprint density at radius 3 is 2.72 bits per heavy atom. The molecule has 0 atom stereocenters. The van der Waals surface area contributed by atoms with E-state index in [2.05, 4.69) is 20.4 Å². The van der Waals surface area contributed by atoms with Crippen LogP contribution in [0.4, 0.5) is 5.69 Å². The van der Waals surface area contributed by atoms with E-state index in [9.17, 15) is 4.79 Å². The number of carbonyl (C=O) groups excluding carboxylic acids is 1. The van der Waals surface area contributed by atoms with Crippen LogP contribution in [0.15, 0.2) is 48.1 Å². The van der Waals surface area contributed by atoms with Gasteiger partial charge in [0, 0.05) is 34.2 Å². The topological polar surface area (TPSA) is 72.2 Å². The Morgan fingerprint density at radius 1 is 1.20 bits per heavy atom. The van der Waals surface area contributed by atoms with Crippen molar-refractivity contribution in [2.24, 2.45) is 0 Å². The fourth-order valence-corrected chi connectivity index (χ4v) is 3.34. The van der Waals surface area contributed by atoms with Crippen LogP contribution < -0.4 is 5.32 Å². The zero-order valence-electron chi connectivity index (χ0n) is 13.7. The summed E-state index contributed by atoms with van der Waals surface area (Å²) in [7, 11) is 0. The molecule has 1 N–H and O–H groups in total. The molecule has 6 nitrogen and oxygen atoms in total. The number of aromatic nitrogens is 4. The lowest BCUT2D eigenvalue weighted by Gasteiger charge is -2.06. The Morgan fingerprint density at radius 2 is 2.00 bits per heavy atom. The molecule has 3 heterocycles. The summed E-state index contributed by atoms with van der Waals surface area (Å²) in [4.78, 5) is 21.3. The standard InChI is InChI=1S/C18H15N5OS/c1-11-9-12(2)23-16(21-11)15(10-20-23)17(24)22-14-5-3-13(4-6-14)18-19-7-8-25-18/h3-10H,1-2H3,(H,22,24). The number of hydrogen-bond donors (Lipinski definition) is 1. The van der Waals surface area contributed by atoms with Crippen LogP contribution in [0.3, 0.4) is 0 Å². The molecule has 0 aliphatic heterocycles. The molecule has 0 saturated heterocycles. The molecule has 0 aliphatic rings. The van der Waals surface area contributed by atoms with E-state index in [1.165, 1.54) is 0 Å². The van der Waals surface area contributed by atoms with Crippen molar-refractivity contribution < 1.29 is 4.79 Å². The van der Waals surface area contributed by atoms with Crippen molar-refractivity contribution in [2.45, 2.75) is 13.8 Å². The van der Waals surface area contributed by atoms with Crippen LogP contribution in [0.5, 0.6) is 0 Å². The molecule has 0 spiro atoms. The molecule has 4 rings (SSSR count). The molecule has 0 bridgehead atoms. The van der Waals surface area contributed by atoms with Gasteiger partial charge in [0.2, 0.25) is 0 Å². The molecular weight excluding hydrogens is 334 g/mol. The summed E-state index contributed by atoms with van der Waals surface area (Å²) in [5.41, 5.74) is 4.55. The molecule has 0 saturated carbocycles. The summed E-state index contributed by atoms with van der Waals surface area (Å²) in [6.07, 6.45) is 3.33. The minimum Gasteiger partial charge on any atom is -0.322 e. The van der Waals surface area contributed by atoms with Crippen LogP contribution in [0.1, 0.15) is 21.7 Å². The second kappa shape index (κ2) is 6.10. The Labute approximate surface area is 148 Å². The van der Waals surface area contributed by atoms with Gasteiger partial charge in [0.1, 0.15) is 10.6 Å². The molecule has 0 unspecified atom stereocenters. The number of aryl methyl sites for hydroxylation is 2. The number of fused-ring (bicyclic) bond motifs is 1. The largest absolute Gasteiger partial charge is 0.322 e. The van der Waals surface area contributed by atoms with E-state index < -0.39 is 0 Å². The van der Waals surface area contributed by atoms with Crippen molar-refractivity contribution in [2.75, 3.05) is 5.32 Å². The second-order valence-corrected chi connectivity index (χ2v) is 6.60. The van der Waals surface area contributed by atoms with Crippen LogP contribution in [-0.4, -0.2) is 25.5 Å². The van der Waals surface area contributed by atoms with Gasteiger partial charge in [-0.2, -0.15) is 5.10 Å². The summed E-state index contributed by atoms with van der Waals surface area (Å²) in [6.45, 7) is 3.84. The van der Waals surface area contributed by atoms with Crippen molar-refractivity contribution in [1.82, 2.24) is 19.6 Å². The first-order chi connectivity index (χ1) is 12.1. The molecule has 4 aromatic rings. The van der Waals surface area contributed by atoms with Gasteiger partial charge in [-0.25, -0.2) is 14.5 Å². The fourth-order valence-electron chi connectivity index (χ4n) is 2.69. The first kappa shape index (κ1) is 15.5. The number of nitrogens with zero attached hydrogens (tertiary/aromatic N) is 4. The maximum Gasteiger partial charge on any atom is 0.261 e. The van der Waals surface area contributed by atoms with Crippen LogP contribution in [0, 0.1) is 13.8 Å². The normalized spacial score (nSPS) is 11.0. The van der Waals surface area contributed by atoms with Crippen LogP contribution in [0.25, 0.3) is 16.2 Å². The van der Waals surface area contributed by atoms with Gasteiger partial charge in [0.25, 0.3) is 5.91 Å². The Hall–Kier alpha value is -3.06. The van der Waals surface area contributed by atoms with Crippen molar-refractivity contribution in [3.05, 3.63) is 65.1 Å². The zero-order valence-corrected chi connectivity index (χ0v) is 14.5. The van der Waals surface area contributed by atoms with Crippen molar-refractivity contribution >= 4 is 28.6 Å². The number of nitrogens with one attached hydrogen (secondary N) is 1. The van der Waals surface area contributed by atoms with E-state index in [0.29, 0.717) is 16.9 Å². The van der Waals surface area contributed by atoms with E-state index >= 15 is 0 Å². The van der Waals surface area contributed by atoms with E-state index in [1.807, 2.05) is 49.6 Å². The van der Waals surface area contributed by atoms with E-state index in [1.54, 1.807) is 28.2 Å². The molecule has 124 valence electrons. The Kier molecular flexibility index (Phi) is 3.77. The smallest absolute Gasteiger partial charge is 0.261 e. The average Bonchev–Trinajstić information content (AvgIpc) is 3.25. The predicted molar refractivity (Wildman–Crippen MR) is 98.0 cm³/mol. The molecule has 1 aromatic carbocycles. The van der Waals surface area contributed by atoms with Gasteiger partial charge in [-0.05, 0) is 44.2 Å². The maximum absolute atomic E-state index is 12.6. The lowest BCUT2D eigenvalue weighted by atomic mass is 10.2. The number of thiazole rings is 1. The van der Waals surface area contributed by atoms with Gasteiger partial charge in [0.05, 0.1) is 6.20 Å². The van der Waals surface area contributed by atoms with Gasteiger partial charge >= 0.3 is 0 Å². The summed E-state index contributed by atoms with van der Waals surface area (Å²) in [5, 5.41) is 10.0. The highest BCUT2D eigenvalue weighted by Crippen LogP contribution is 2.23. The molecule has 0 fully saturated rings. The number of rotatable bonds is 3. The first-order valence-electron chi connectivity index (χ1n) is 7.75. The third-order valence-electron chi connectivity index (χ3n) is 3.84. The molecule has 0 radical (unpaired) electrons. The number of amides is 1. The summed E-state index contributed by atoms with van der Waals surface area (Å²) in [5.74, 6) is -0.227. The predicted octanol–water partition coefficient (Wildman–Crippen LogP) is 3.72. The van der Waals surface area contributed by atoms with Crippen molar-refractivity contribution in [1.29, 1.82) is 0 Å². The van der Waals surface area contributed by atoms with E-state index in [0.717, 1.165) is 22.0 Å². The van der Waals surface area contributed by atoms with Crippen molar-refractivity contribution in [3.63, 3.8) is 0 Å². The second-order valence-electron chi connectivity index (χ2n) is 5.70. The lowest BCUT2D eigenvalue weighted by Crippen LogP contribution is -2.12. The van der Waals surface area contributed by atoms with Crippen LogP contribution in [-0.2, 0) is 0 Å². The summed E-state index contributed by atoms with van der Waals surface area (Å²) < 4.78 is 1.67. The number of carbonyl (C=O) groups is 1. The SMILES string of the molecule is Cc1cc(C)n2ncc(C(=O)Nc3ccc(-c4nccs4)cc3)c2n1. The molecule has 25 heavy (non-hydrogen) atoms. The van der Waals surface area contributed by atoms with Crippen LogP contribution in [0.2, 0.25) is 0 Å². The fraction of sp³-hybridized carbons (Fsp3) is 0.111. The van der Waals surface area contributed by atoms with Crippen molar-refractivity contribution in [3.8, 4) is 10.6 Å². The number of anilines is 1. The Balaban J connectivity index is 1.60. The van der Waals surface area contributed by atoms with E-state index in [-0.39, 0.29) is 5.91 Å². The van der Waals surface area contributed by atoms with E-state index in [4.69, 9.17) is 0 Å². The molecule has 7 heteroatoms. The van der Waals surface area contributed by atoms with Gasteiger partial charge in [0.15, 0.2) is 5.65 Å². The third-order valence-corrected chi connectivity index (χ3v) is 4.67. The highest BCUT2D eigenvalue weighted by atomic mass is 32.1. The summed E-state index contributed by atoms with van der Waals surface area (Å²) in [6, 6.07) is 9.54. The number of benzene rings is 1. The highest BCUT2D eigenvalue weighted by molar-refractivity contribution is 7.13. The van der Waals surface area contributed by atoms with Crippen LogP contribution >= 0.6 is 11.3 Å². The summed E-state index contributed by atoms with van der Waals surface area (Å²) >= 11 is 1.58. The highest BCUT2D eigenvalue weighted by Gasteiger charge is 2.15. The molecule has 3 aromatic heterocycles. The van der Waals surface area contributed by atoms with Gasteiger partial charge in [-0.15, -0.1) is 11.3 Å². The minimum absolute atomic E-state index is 0.227. The average molecular weight is 349 g/mol. The molecule has 0 aliphatic carbocycles. The zero-order chi connectivity index (χ0) is 17.4. The monoisotopic (exact) mass is 349 g/mol. The Bertz CT molecular complexity index is 1050. The maximum atomic E-state index is 12.6. The van der Waals surface area contributed by atoms with Gasteiger partial charge in [-0.1, -0.05) is 0 Å². The molecular formula is C18H15N5OS. The van der Waals surface area contributed by atoms with Gasteiger partial charge in [-0.3, -0.25) is 4.79 Å².